The standard InChI is InChI=1S/C28H34F2N4S/c29-24-6-4-21(5-7-24)17-28-18-22-19-31-34(26-10-8-25(30)9-11-26)27(22)16-23(28)12-15-33(20-28)35-32-13-2-1-3-14-32/h4-11,19,22-23,27H,1-3,12-18,20H2. The molecule has 1 saturated carbocycles. The number of piperidine rings is 2. The smallest absolute Gasteiger partial charge is 0.123 e. The zero-order valence-corrected chi connectivity index (χ0v) is 21.0. The Hall–Kier alpha value is -1.96. The van der Waals surface area contributed by atoms with Crippen LogP contribution in [-0.4, -0.2) is 47.0 Å². The largest absolute Gasteiger partial charge is 0.262 e. The summed E-state index contributed by atoms with van der Waals surface area (Å²) in [6, 6.07) is 14.2. The number of hydrogen-bond donors (Lipinski definition) is 0. The maximum atomic E-state index is 13.7. The van der Waals surface area contributed by atoms with Gasteiger partial charge >= 0.3 is 0 Å². The highest BCUT2D eigenvalue weighted by Crippen LogP contribution is 2.53. The summed E-state index contributed by atoms with van der Waals surface area (Å²) in [7, 11) is 0. The molecule has 6 rings (SSSR count). The Labute approximate surface area is 211 Å². The Morgan fingerprint density at radius 2 is 1.60 bits per heavy atom. The first kappa shape index (κ1) is 23.4. The van der Waals surface area contributed by atoms with Crippen LogP contribution in [0.5, 0.6) is 0 Å². The van der Waals surface area contributed by atoms with Gasteiger partial charge in [-0.2, -0.15) is 5.10 Å². The number of anilines is 1. The molecule has 4 atom stereocenters. The summed E-state index contributed by atoms with van der Waals surface area (Å²) in [6.07, 6.45) is 10.4. The summed E-state index contributed by atoms with van der Waals surface area (Å²) in [5.41, 5.74) is 2.34. The molecule has 3 aliphatic heterocycles. The zero-order chi connectivity index (χ0) is 23.8. The molecular formula is C28H34F2N4S. The highest BCUT2D eigenvalue weighted by atomic mass is 32.2. The third-order valence-corrected chi connectivity index (χ3v) is 9.69. The molecule has 4 aliphatic rings. The number of benzene rings is 2. The molecule has 186 valence electrons. The van der Waals surface area contributed by atoms with E-state index in [4.69, 9.17) is 5.10 Å². The average Bonchev–Trinajstić information content (AvgIpc) is 3.27. The van der Waals surface area contributed by atoms with Gasteiger partial charge in [-0.1, -0.05) is 18.6 Å². The van der Waals surface area contributed by atoms with Crippen molar-refractivity contribution in [2.24, 2.45) is 22.4 Å². The summed E-state index contributed by atoms with van der Waals surface area (Å²) in [6.45, 7) is 4.52. The van der Waals surface area contributed by atoms with Crippen LogP contribution in [0.15, 0.2) is 53.6 Å². The predicted molar refractivity (Wildman–Crippen MR) is 139 cm³/mol. The van der Waals surface area contributed by atoms with Crippen LogP contribution in [0.3, 0.4) is 0 Å². The van der Waals surface area contributed by atoms with E-state index in [0.717, 1.165) is 38.0 Å². The van der Waals surface area contributed by atoms with Gasteiger partial charge in [0.1, 0.15) is 11.6 Å². The van der Waals surface area contributed by atoms with E-state index in [0.29, 0.717) is 17.9 Å². The molecule has 35 heavy (non-hydrogen) atoms. The van der Waals surface area contributed by atoms with Crippen molar-refractivity contribution in [3.63, 3.8) is 0 Å². The summed E-state index contributed by atoms with van der Waals surface area (Å²) in [5.74, 6) is 0.567. The lowest BCUT2D eigenvalue weighted by Gasteiger charge is -2.54. The molecule has 3 fully saturated rings. The molecule has 7 heteroatoms. The van der Waals surface area contributed by atoms with E-state index in [1.165, 1.54) is 56.5 Å². The summed E-state index contributed by atoms with van der Waals surface area (Å²) >= 11 is 1.96. The first-order chi connectivity index (χ1) is 17.1. The Kier molecular flexibility index (Phi) is 6.58. The molecule has 0 aromatic heterocycles. The van der Waals surface area contributed by atoms with Crippen molar-refractivity contribution in [3.8, 4) is 0 Å². The van der Waals surface area contributed by atoms with E-state index in [1.54, 1.807) is 12.1 Å². The first-order valence-corrected chi connectivity index (χ1v) is 13.8. The molecule has 2 saturated heterocycles. The normalized spacial score (nSPS) is 31.4. The lowest BCUT2D eigenvalue weighted by Crippen LogP contribution is -2.56. The van der Waals surface area contributed by atoms with Crippen molar-refractivity contribution in [3.05, 3.63) is 65.7 Å². The molecule has 0 bridgehead atoms. The minimum atomic E-state index is -0.214. The first-order valence-electron chi connectivity index (χ1n) is 13.1. The number of hydrogen-bond acceptors (Lipinski definition) is 5. The van der Waals surface area contributed by atoms with Crippen LogP contribution in [0, 0.1) is 28.9 Å². The van der Waals surface area contributed by atoms with Crippen molar-refractivity contribution in [1.29, 1.82) is 0 Å². The third kappa shape index (κ3) is 4.87. The molecular weight excluding hydrogens is 462 g/mol. The van der Waals surface area contributed by atoms with Crippen molar-refractivity contribution in [1.82, 2.24) is 8.61 Å². The molecule has 0 N–H and O–H groups in total. The fourth-order valence-corrected chi connectivity index (χ4v) is 8.08. The second kappa shape index (κ2) is 9.83. The molecule has 3 heterocycles. The number of fused-ring (bicyclic) bond motifs is 2. The molecule has 0 amide bonds. The zero-order valence-electron chi connectivity index (χ0n) is 20.2. The Morgan fingerprint density at radius 1 is 0.886 bits per heavy atom. The van der Waals surface area contributed by atoms with Crippen molar-refractivity contribution < 1.29 is 8.78 Å². The van der Waals surface area contributed by atoms with E-state index < -0.39 is 0 Å². The van der Waals surface area contributed by atoms with E-state index in [-0.39, 0.29) is 17.0 Å². The molecule has 0 spiro atoms. The summed E-state index contributed by atoms with van der Waals surface area (Å²) in [5, 5.41) is 6.94. The molecule has 2 aromatic rings. The van der Waals surface area contributed by atoms with Gasteiger partial charge in [0, 0.05) is 50.4 Å². The van der Waals surface area contributed by atoms with Gasteiger partial charge in [-0.15, -0.1) is 0 Å². The maximum Gasteiger partial charge on any atom is 0.123 e. The van der Waals surface area contributed by atoms with Crippen LogP contribution >= 0.6 is 12.1 Å². The van der Waals surface area contributed by atoms with Crippen LogP contribution in [0.1, 0.15) is 44.1 Å². The Balaban J connectivity index is 1.25. The highest BCUT2D eigenvalue weighted by Gasteiger charge is 2.52. The van der Waals surface area contributed by atoms with Crippen molar-refractivity contribution in [2.75, 3.05) is 31.2 Å². The lowest BCUT2D eigenvalue weighted by molar-refractivity contribution is 0.0102. The fraction of sp³-hybridized carbons (Fsp3) is 0.536. The number of halogens is 2. The average molecular weight is 497 g/mol. The minimum absolute atomic E-state index is 0.144. The van der Waals surface area contributed by atoms with Crippen molar-refractivity contribution >= 4 is 24.0 Å². The molecule has 2 aromatic carbocycles. The summed E-state index contributed by atoms with van der Waals surface area (Å²) in [4.78, 5) is 0. The minimum Gasteiger partial charge on any atom is -0.262 e. The van der Waals surface area contributed by atoms with Crippen LogP contribution in [0.25, 0.3) is 0 Å². The quantitative estimate of drug-likeness (QED) is 0.463. The van der Waals surface area contributed by atoms with Crippen LogP contribution in [0.2, 0.25) is 0 Å². The van der Waals surface area contributed by atoms with Gasteiger partial charge in [-0.3, -0.25) is 5.01 Å². The van der Waals surface area contributed by atoms with E-state index in [2.05, 4.69) is 19.8 Å². The SMILES string of the molecule is Fc1ccc(CC23CC4C=NN(c5ccc(F)cc5)C4CC2CCN(SN2CCCCC2)C3)cc1. The number of hydrazone groups is 1. The number of rotatable bonds is 5. The van der Waals surface area contributed by atoms with Crippen LogP contribution < -0.4 is 5.01 Å². The molecule has 4 nitrogen and oxygen atoms in total. The highest BCUT2D eigenvalue weighted by molar-refractivity contribution is 7.94. The number of nitrogens with zero attached hydrogens (tertiary/aromatic N) is 4. The van der Waals surface area contributed by atoms with Gasteiger partial charge in [0.15, 0.2) is 0 Å². The monoisotopic (exact) mass is 496 g/mol. The van der Waals surface area contributed by atoms with Gasteiger partial charge in [0.05, 0.1) is 11.7 Å². The predicted octanol–water partition coefficient (Wildman–Crippen LogP) is 6.15. The van der Waals surface area contributed by atoms with E-state index >= 15 is 0 Å². The van der Waals surface area contributed by atoms with Crippen LogP contribution in [-0.2, 0) is 6.42 Å². The summed E-state index contributed by atoms with van der Waals surface area (Å²) < 4.78 is 32.3. The van der Waals surface area contributed by atoms with E-state index in [9.17, 15) is 8.78 Å². The van der Waals surface area contributed by atoms with E-state index in [1.807, 2.05) is 36.4 Å². The van der Waals surface area contributed by atoms with Gasteiger partial charge in [-0.05, 0) is 91.8 Å². The van der Waals surface area contributed by atoms with Crippen molar-refractivity contribution in [2.45, 2.75) is 51.0 Å². The lowest BCUT2D eigenvalue weighted by atomic mass is 9.57. The van der Waals surface area contributed by atoms with Gasteiger partial charge in [0.25, 0.3) is 0 Å². The fourth-order valence-electron chi connectivity index (χ4n) is 6.83. The second-order valence-corrected chi connectivity index (χ2v) is 12.0. The Bertz CT molecular complexity index is 1040. The molecule has 4 unspecified atom stereocenters. The second-order valence-electron chi connectivity index (χ2n) is 10.8. The van der Waals surface area contributed by atoms with Gasteiger partial charge < -0.3 is 0 Å². The van der Waals surface area contributed by atoms with Gasteiger partial charge in [-0.25, -0.2) is 17.4 Å². The third-order valence-electron chi connectivity index (χ3n) is 8.55. The Morgan fingerprint density at radius 3 is 2.34 bits per heavy atom. The molecule has 0 radical (unpaired) electrons. The topological polar surface area (TPSA) is 22.1 Å². The molecule has 1 aliphatic carbocycles. The van der Waals surface area contributed by atoms with Gasteiger partial charge in [0.2, 0.25) is 0 Å². The maximum absolute atomic E-state index is 13.7. The van der Waals surface area contributed by atoms with Crippen LogP contribution in [0.4, 0.5) is 14.5 Å².